The molecule has 0 amide bonds. The van der Waals surface area contributed by atoms with Crippen LogP contribution in [0.5, 0.6) is 5.75 Å². The minimum Gasteiger partial charge on any atom is -1.00 e. The molecule has 1 radical (unpaired) electrons. The van der Waals surface area contributed by atoms with Crippen LogP contribution >= 0.6 is 0 Å². The third-order valence-corrected chi connectivity index (χ3v) is 4.96. The quantitative estimate of drug-likeness (QED) is 0.344. The average molecular weight is 462 g/mol. The van der Waals surface area contributed by atoms with E-state index in [0.29, 0.717) is 17.6 Å². The van der Waals surface area contributed by atoms with E-state index in [0.717, 1.165) is 17.5 Å². The van der Waals surface area contributed by atoms with Gasteiger partial charge in [0.05, 0.1) is 0 Å². The van der Waals surface area contributed by atoms with Crippen molar-refractivity contribution in [2.24, 2.45) is 0 Å². The summed E-state index contributed by atoms with van der Waals surface area (Å²) < 4.78 is 0. The van der Waals surface area contributed by atoms with E-state index in [9.17, 15) is 5.11 Å². The van der Waals surface area contributed by atoms with Crippen molar-refractivity contribution in [3.8, 4) is 16.9 Å². The number of halogens is 2. The summed E-state index contributed by atoms with van der Waals surface area (Å²) in [5.74, 6) is 1.25. The number of aromatic hydroxyl groups is 1. The summed E-state index contributed by atoms with van der Waals surface area (Å²) in [6.07, 6.45) is 1.05. The second-order valence-electron chi connectivity index (χ2n) is 7.49. The van der Waals surface area contributed by atoms with Crippen LogP contribution in [0.15, 0.2) is 60.7 Å². The number of phenolic OH excluding ortho intramolecular Hbond substituents is 1. The van der Waals surface area contributed by atoms with E-state index < -0.39 is 0 Å². The summed E-state index contributed by atoms with van der Waals surface area (Å²) in [7, 11) is 0. The normalized spacial score (nSPS) is 10.6. The number of hydrogen-bond donors (Lipinski definition) is 1. The predicted octanol–water partition coefficient (Wildman–Crippen LogP) is 0.702. The maximum Gasteiger partial charge on any atom is 3.00 e. The topological polar surface area (TPSA) is 20.2 Å². The first-order chi connectivity index (χ1) is 12.5. The van der Waals surface area contributed by atoms with Crippen molar-refractivity contribution in [3.05, 3.63) is 89.0 Å². The fraction of sp³-hybridized carbons (Fsp3) is 0.280. The first-order valence-electron chi connectivity index (χ1n) is 9.38. The van der Waals surface area contributed by atoms with Gasteiger partial charge in [0.1, 0.15) is 5.75 Å². The van der Waals surface area contributed by atoms with Crippen molar-refractivity contribution in [2.45, 2.75) is 46.0 Å². The van der Waals surface area contributed by atoms with Crippen LogP contribution in [0.25, 0.3) is 11.1 Å². The molecule has 29 heavy (non-hydrogen) atoms. The zero-order valence-corrected chi connectivity index (χ0v) is 20.4. The molecule has 0 bridgehead atoms. The third-order valence-electron chi connectivity index (χ3n) is 4.96. The Morgan fingerprint density at radius 3 is 1.90 bits per heavy atom. The Kier molecular flexibility index (Phi) is 11.9. The summed E-state index contributed by atoms with van der Waals surface area (Å²) in [4.78, 5) is 0. The molecule has 0 aliphatic heterocycles. The Morgan fingerprint density at radius 1 is 0.759 bits per heavy atom. The summed E-state index contributed by atoms with van der Waals surface area (Å²) in [5, 5.41) is 9.93. The van der Waals surface area contributed by atoms with Crippen LogP contribution in [0.1, 0.15) is 61.8 Å². The monoisotopic (exact) mass is 461 g/mol. The maximum absolute atomic E-state index is 9.93. The Morgan fingerprint density at radius 2 is 1.31 bits per heavy atom. The second-order valence-corrected chi connectivity index (χ2v) is 7.49. The minimum absolute atomic E-state index is 0. The van der Waals surface area contributed by atoms with Gasteiger partial charge in [0.15, 0.2) is 0 Å². The Labute approximate surface area is 202 Å². The molecular weight excluding hydrogens is 435 g/mol. The molecule has 0 heterocycles. The molecule has 0 aromatic heterocycles. The molecular formula is C25H27Cl2OTi. The fourth-order valence-corrected chi connectivity index (χ4v) is 3.51. The fourth-order valence-electron chi connectivity index (χ4n) is 3.51. The van der Waals surface area contributed by atoms with Crippen molar-refractivity contribution < 1.29 is 51.6 Å². The summed E-state index contributed by atoms with van der Waals surface area (Å²) in [5.41, 5.74) is 7.61. The van der Waals surface area contributed by atoms with Crippen LogP contribution < -0.4 is 24.8 Å². The Balaban J connectivity index is 0.000000490. The minimum atomic E-state index is 0. The van der Waals surface area contributed by atoms with E-state index in [1.54, 1.807) is 0 Å². The van der Waals surface area contributed by atoms with E-state index in [2.05, 4.69) is 70.2 Å². The molecule has 3 aromatic carbocycles. The molecule has 0 unspecified atom stereocenters. The van der Waals surface area contributed by atoms with Crippen LogP contribution in [-0.4, -0.2) is 5.11 Å². The summed E-state index contributed by atoms with van der Waals surface area (Å²) in [6, 6.07) is 24.1. The smallest absolute Gasteiger partial charge is 1.00 e. The van der Waals surface area contributed by atoms with Gasteiger partial charge in [0.2, 0.25) is 0 Å². The number of phenols is 1. The maximum atomic E-state index is 9.93. The molecule has 1 nitrogen and oxygen atoms in total. The van der Waals surface area contributed by atoms with E-state index >= 15 is 0 Å². The second kappa shape index (κ2) is 12.4. The molecule has 1 aliphatic carbocycles. The molecule has 4 rings (SSSR count). The van der Waals surface area contributed by atoms with E-state index in [-0.39, 0.29) is 46.5 Å². The van der Waals surface area contributed by atoms with Crippen molar-refractivity contribution >= 4 is 0 Å². The molecule has 0 saturated carbocycles. The summed E-state index contributed by atoms with van der Waals surface area (Å²) >= 11 is 0. The van der Waals surface area contributed by atoms with Crippen molar-refractivity contribution in [3.63, 3.8) is 0 Å². The number of para-hydroxylation sites is 1. The van der Waals surface area contributed by atoms with Gasteiger partial charge in [0.25, 0.3) is 0 Å². The SMILES string of the molecule is CC(C)c1cccc(C(C)C)c1O.[Cl-].[Cl-].[Ti+3].[c-]1cccc2c1Cc1ccccc1-2. The molecule has 0 saturated heterocycles. The Bertz CT molecular complexity index is 837. The van der Waals surface area contributed by atoms with E-state index in [4.69, 9.17) is 0 Å². The van der Waals surface area contributed by atoms with Gasteiger partial charge in [-0.1, -0.05) is 81.3 Å². The number of benzene rings is 3. The third kappa shape index (κ3) is 6.36. The van der Waals surface area contributed by atoms with Crippen LogP contribution in [0.3, 0.4) is 0 Å². The van der Waals surface area contributed by atoms with Crippen LogP contribution in [-0.2, 0) is 28.1 Å². The van der Waals surface area contributed by atoms with Crippen molar-refractivity contribution in [1.82, 2.24) is 0 Å². The standard InChI is InChI=1S/C13H9.C12H18O.2ClH.Ti/c1-3-7-12-10(5-1)9-11-6-2-4-8-13(11)12;1-8(2)10-6-5-7-11(9(3)4)12(10)13;;;/h1-5,7-8H,9H2;5-9,13H,1-4H3;2*1H;/q-1;;;;+3/p-2. The van der Waals surface area contributed by atoms with Crippen LogP contribution in [0.2, 0.25) is 0 Å². The molecule has 0 atom stereocenters. The first-order valence-corrected chi connectivity index (χ1v) is 9.38. The molecule has 4 heteroatoms. The van der Waals surface area contributed by atoms with Crippen LogP contribution in [0, 0.1) is 6.07 Å². The molecule has 0 spiro atoms. The molecule has 151 valence electrons. The first kappa shape index (κ1) is 27.8. The van der Waals surface area contributed by atoms with Gasteiger partial charge in [-0.2, -0.15) is 29.8 Å². The molecule has 0 fully saturated rings. The van der Waals surface area contributed by atoms with Crippen molar-refractivity contribution in [1.29, 1.82) is 0 Å². The Hall–Kier alpha value is -1.25. The zero-order chi connectivity index (χ0) is 18.7. The van der Waals surface area contributed by atoms with E-state index in [1.807, 2.05) is 24.3 Å². The number of hydrogen-bond acceptors (Lipinski definition) is 1. The van der Waals surface area contributed by atoms with Gasteiger partial charge in [-0.05, 0) is 29.4 Å². The van der Waals surface area contributed by atoms with Gasteiger partial charge in [0, 0.05) is 0 Å². The van der Waals surface area contributed by atoms with Gasteiger partial charge in [-0.3, -0.25) is 0 Å². The number of fused-ring (bicyclic) bond motifs is 3. The van der Waals surface area contributed by atoms with E-state index in [1.165, 1.54) is 22.3 Å². The molecule has 3 aromatic rings. The zero-order valence-electron chi connectivity index (χ0n) is 17.3. The molecule has 1 aliphatic rings. The van der Waals surface area contributed by atoms with Gasteiger partial charge >= 0.3 is 21.7 Å². The van der Waals surface area contributed by atoms with Gasteiger partial charge < -0.3 is 29.9 Å². The predicted molar refractivity (Wildman–Crippen MR) is 110 cm³/mol. The summed E-state index contributed by atoms with van der Waals surface area (Å²) in [6.45, 7) is 8.39. The van der Waals surface area contributed by atoms with Crippen molar-refractivity contribution in [2.75, 3.05) is 0 Å². The molecule has 1 N–H and O–H groups in total. The average Bonchev–Trinajstić information content (AvgIpc) is 3.00. The number of rotatable bonds is 2. The largest absolute Gasteiger partial charge is 3.00 e. The van der Waals surface area contributed by atoms with Gasteiger partial charge in [-0.15, -0.1) is 5.56 Å². The van der Waals surface area contributed by atoms with Crippen LogP contribution in [0.4, 0.5) is 0 Å². The van der Waals surface area contributed by atoms with Gasteiger partial charge in [-0.25, -0.2) is 0 Å².